The van der Waals surface area contributed by atoms with Gasteiger partial charge in [0.1, 0.15) is 5.82 Å². The Hall–Kier alpha value is -1.88. The Kier molecular flexibility index (Phi) is 2.53. The molecule has 0 unspecified atom stereocenters. The van der Waals surface area contributed by atoms with Crippen molar-refractivity contribution in [3.63, 3.8) is 0 Å². The van der Waals surface area contributed by atoms with Crippen molar-refractivity contribution >= 4 is 29.2 Å². The van der Waals surface area contributed by atoms with E-state index in [2.05, 4.69) is 9.97 Å². The van der Waals surface area contributed by atoms with Crippen LogP contribution in [-0.4, -0.2) is 21.6 Å². The summed E-state index contributed by atoms with van der Waals surface area (Å²) in [7, 11) is 0. The van der Waals surface area contributed by atoms with Crippen LogP contribution >= 0.6 is 11.8 Å². The Morgan fingerprint density at radius 1 is 1.24 bits per heavy atom. The van der Waals surface area contributed by atoms with E-state index in [1.54, 1.807) is 23.5 Å². The maximum atomic E-state index is 12.0. The van der Waals surface area contributed by atoms with E-state index in [1.807, 2.05) is 24.3 Å². The molecule has 3 heterocycles. The van der Waals surface area contributed by atoms with Crippen LogP contribution in [0.5, 0.6) is 0 Å². The van der Waals surface area contributed by atoms with Gasteiger partial charge in [-0.1, -0.05) is 6.07 Å². The highest BCUT2D eigenvalue weighted by Crippen LogP contribution is 2.37. The minimum Gasteiger partial charge on any atom is -0.273 e. The van der Waals surface area contributed by atoms with Crippen molar-refractivity contribution in [2.75, 3.05) is 10.7 Å². The second-order valence-electron chi connectivity index (χ2n) is 3.55. The number of nitrogens with zero attached hydrogens (tertiary/aromatic N) is 3. The molecule has 0 atom stereocenters. The van der Waals surface area contributed by atoms with Crippen molar-refractivity contribution in [1.82, 2.24) is 9.97 Å². The van der Waals surface area contributed by atoms with E-state index < -0.39 is 0 Å². The molecule has 1 aliphatic rings. The van der Waals surface area contributed by atoms with E-state index in [1.165, 1.54) is 11.8 Å². The Morgan fingerprint density at radius 2 is 2.18 bits per heavy atom. The quantitative estimate of drug-likeness (QED) is 0.770. The van der Waals surface area contributed by atoms with E-state index in [0.29, 0.717) is 11.6 Å². The number of rotatable bonds is 1. The molecule has 0 aliphatic carbocycles. The van der Waals surface area contributed by atoms with Gasteiger partial charge in [0.2, 0.25) is 5.91 Å². The molecule has 84 valence electrons. The lowest BCUT2D eigenvalue weighted by Crippen LogP contribution is -2.31. The van der Waals surface area contributed by atoms with Crippen LogP contribution in [0, 0.1) is 0 Å². The smallest absolute Gasteiger partial charge is 0.243 e. The number of fused-ring (bicyclic) bond motifs is 1. The van der Waals surface area contributed by atoms with Crippen LogP contribution in [0.25, 0.3) is 0 Å². The van der Waals surface area contributed by atoms with Crippen molar-refractivity contribution in [3.8, 4) is 0 Å². The lowest BCUT2D eigenvalue weighted by molar-refractivity contribution is -0.115. The molecule has 0 bridgehead atoms. The number of carbonyl (C=O) groups is 1. The molecule has 2 aromatic rings. The van der Waals surface area contributed by atoms with Gasteiger partial charge in [0.15, 0.2) is 0 Å². The summed E-state index contributed by atoms with van der Waals surface area (Å²) in [5.74, 6) is 1.12. The molecule has 5 heteroatoms. The number of thioether (sulfide) groups is 1. The lowest BCUT2D eigenvalue weighted by Gasteiger charge is -2.27. The maximum absolute atomic E-state index is 12.0. The number of amides is 1. The van der Waals surface area contributed by atoms with Gasteiger partial charge in [-0.3, -0.25) is 14.7 Å². The molecule has 2 aromatic heterocycles. The number of carbonyl (C=O) groups excluding carboxylic acids is 1. The summed E-state index contributed by atoms with van der Waals surface area (Å²) < 4.78 is 0. The normalized spacial score (nSPS) is 14.6. The van der Waals surface area contributed by atoms with Crippen molar-refractivity contribution in [1.29, 1.82) is 0 Å². The zero-order valence-corrected chi connectivity index (χ0v) is 9.72. The third kappa shape index (κ3) is 1.78. The molecule has 4 nitrogen and oxygen atoms in total. The average molecular weight is 243 g/mol. The first kappa shape index (κ1) is 10.3. The Labute approximate surface area is 103 Å². The van der Waals surface area contributed by atoms with Crippen LogP contribution in [0.15, 0.2) is 47.8 Å². The van der Waals surface area contributed by atoms with Gasteiger partial charge >= 0.3 is 0 Å². The molecule has 0 saturated carbocycles. The molecule has 0 aromatic carbocycles. The van der Waals surface area contributed by atoms with Gasteiger partial charge in [-0.05, 0) is 18.2 Å². The van der Waals surface area contributed by atoms with Gasteiger partial charge in [0.05, 0.1) is 17.6 Å². The highest BCUT2D eigenvalue weighted by atomic mass is 32.2. The standard InChI is InChI=1S/C12H9N3OS/c16-12-8-17-10-4-6-13-7-9(10)15(12)11-3-1-2-5-14-11/h1-7H,8H2. The molecule has 0 fully saturated rings. The third-order valence-corrected chi connectivity index (χ3v) is 3.53. The highest BCUT2D eigenvalue weighted by molar-refractivity contribution is 8.00. The molecule has 1 aliphatic heterocycles. The molecule has 3 rings (SSSR count). The Balaban J connectivity index is 2.13. The number of hydrogen-bond donors (Lipinski definition) is 0. The van der Waals surface area contributed by atoms with Crippen molar-refractivity contribution in [2.24, 2.45) is 0 Å². The monoisotopic (exact) mass is 243 g/mol. The molecule has 1 amide bonds. The molecule has 0 N–H and O–H groups in total. The fourth-order valence-corrected chi connectivity index (χ4v) is 2.60. The zero-order valence-electron chi connectivity index (χ0n) is 8.91. The summed E-state index contributed by atoms with van der Waals surface area (Å²) in [5.41, 5.74) is 0.812. The first-order chi connectivity index (χ1) is 8.36. The van der Waals surface area contributed by atoms with E-state index in [0.717, 1.165) is 10.6 Å². The van der Waals surface area contributed by atoms with Gasteiger partial charge < -0.3 is 0 Å². The highest BCUT2D eigenvalue weighted by Gasteiger charge is 2.26. The van der Waals surface area contributed by atoms with Crippen LogP contribution in [0.3, 0.4) is 0 Å². The number of aromatic nitrogens is 2. The first-order valence-corrected chi connectivity index (χ1v) is 6.15. The van der Waals surface area contributed by atoms with Crippen LogP contribution in [0.4, 0.5) is 11.5 Å². The molecule has 17 heavy (non-hydrogen) atoms. The molecule has 0 radical (unpaired) electrons. The summed E-state index contributed by atoms with van der Waals surface area (Å²) in [5, 5.41) is 0. The van der Waals surface area contributed by atoms with Gasteiger partial charge in [0, 0.05) is 17.3 Å². The van der Waals surface area contributed by atoms with E-state index >= 15 is 0 Å². The van der Waals surface area contributed by atoms with Gasteiger partial charge in [-0.2, -0.15) is 0 Å². The lowest BCUT2D eigenvalue weighted by atomic mass is 10.3. The minimum atomic E-state index is 0.0363. The van der Waals surface area contributed by atoms with E-state index in [-0.39, 0.29) is 5.91 Å². The number of anilines is 2. The van der Waals surface area contributed by atoms with Gasteiger partial charge in [-0.25, -0.2) is 4.98 Å². The van der Waals surface area contributed by atoms with Crippen LogP contribution in [0.1, 0.15) is 0 Å². The van der Waals surface area contributed by atoms with Crippen LogP contribution in [0.2, 0.25) is 0 Å². The molecule has 0 spiro atoms. The fourth-order valence-electron chi connectivity index (χ4n) is 1.74. The second kappa shape index (κ2) is 4.18. The average Bonchev–Trinajstić information content (AvgIpc) is 2.39. The molecule has 0 saturated heterocycles. The number of hydrogen-bond acceptors (Lipinski definition) is 4. The van der Waals surface area contributed by atoms with Crippen LogP contribution in [-0.2, 0) is 4.79 Å². The van der Waals surface area contributed by atoms with E-state index in [9.17, 15) is 4.79 Å². The number of pyridine rings is 2. The predicted molar refractivity (Wildman–Crippen MR) is 66.3 cm³/mol. The van der Waals surface area contributed by atoms with Gasteiger partial charge in [-0.15, -0.1) is 11.8 Å². The topological polar surface area (TPSA) is 46.1 Å². The Bertz CT molecular complexity index is 559. The Morgan fingerprint density at radius 3 is 3.00 bits per heavy atom. The molecular formula is C12H9N3OS. The SMILES string of the molecule is O=C1CSc2ccncc2N1c1ccccn1. The van der Waals surface area contributed by atoms with Crippen molar-refractivity contribution in [3.05, 3.63) is 42.9 Å². The predicted octanol–water partition coefficient (Wildman–Crippen LogP) is 2.25. The summed E-state index contributed by atoms with van der Waals surface area (Å²) >= 11 is 1.54. The molecular weight excluding hydrogens is 234 g/mol. The first-order valence-electron chi connectivity index (χ1n) is 5.17. The van der Waals surface area contributed by atoms with E-state index in [4.69, 9.17) is 0 Å². The largest absolute Gasteiger partial charge is 0.273 e. The summed E-state index contributed by atoms with van der Waals surface area (Å²) in [6.45, 7) is 0. The van der Waals surface area contributed by atoms with Crippen molar-refractivity contribution < 1.29 is 4.79 Å². The fraction of sp³-hybridized carbons (Fsp3) is 0.0833. The summed E-state index contributed by atoms with van der Waals surface area (Å²) in [6, 6.07) is 7.44. The van der Waals surface area contributed by atoms with Gasteiger partial charge in [0.25, 0.3) is 0 Å². The summed E-state index contributed by atoms with van der Waals surface area (Å²) in [6.07, 6.45) is 5.12. The van der Waals surface area contributed by atoms with Crippen molar-refractivity contribution in [2.45, 2.75) is 4.90 Å². The summed E-state index contributed by atoms with van der Waals surface area (Å²) in [4.78, 5) is 23.0. The maximum Gasteiger partial charge on any atom is 0.243 e. The zero-order chi connectivity index (χ0) is 11.7. The van der Waals surface area contributed by atoms with Crippen LogP contribution < -0.4 is 4.90 Å². The second-order valence-corrected chi connectivity index (χ2v) is 4.57. The minimum absolute atomic E-state index is 0.0363. The third-order valence-electron chi connectivity index (χ3n) is 2.48.